The van der Waals surface area contributed by atoms with Crippen molar-refractivity contribution >= 4 is 11.3 Å². The van der Waals surface area contributed by atoms with E-state index in [1.54, 1.807) is 11.3 Å². The fourth-order valence-electron chi connectivity index (χ4n) is 2.02. The smallest absolute Gasteiger partial charge is 0.0945 e. The second kappa shape index (κ2) is 6.12. The summed E-state index contributed by atoms with van der Waals surface area (Å²) in [6.45, 7) is 8.44. The van der Waals surface area contributed by atoms with Crippen molar-refractivity contribution in [2.45, 2.75) is 27.2 Å². The van der Waals surface area contributed by atoms with E-state index < -0.39 is 0 Å². The van der Waals surface area contributed by atoms with Crippen LogP contribution >= 0.6 is 11.3 Å². The van der Waals surface area contributed by atoms with Crippen LogP contribution in [0.5, 0.6) is 0 Å². The van der Waals surface area contributed by atoms with Crippen LogP contribution in [0.15, 0.2) is 23.6 Å². The summed E-state index contributed by atoms with van der Waals surface area (Å²) in [7, 11) is 0. The molecule has 0 aliphatic heterocycles. The van der Waals surface area contributed by atoms with Gasteiger partial charge in [-0.15, -0.1) is 11.3 Å². The summed E-state index contributed by atoms with van der Waals surface area (Å²) in [4.78, 5) is 4.72. The van der Waals surface area contributed by atoms with E-state index >= 15 is 0 Å². The number of benzene rings is 1. The van der Waals surface area contributed by atoms with Gasteiger partial charge in [0, 0.05) is 23.9 Å². The highest BCUT2D eigenvalue weighted by molar-refractivity contribution is 7.09. The zero-order valence-electron chi connectivity index (χ0n) is 11.3. The average Bonchev–Trinajstić information content (AvgIpc) is 2.78. The van der Waals surface area contributed by atoms with Crippen molar-refractivity contribution in [1.29, 1.82) is 0 Å². The molecule has 0 radical (unpaired) electrons. The van der Waals surface area contributed by atoms with Crippen molar-refractivity contribution in [3.63, 3.8) is 0 Å². The van der Waals surface area contributed by atoms with Crippen molar-refractivity contribution in [1.82, 2.24) is 10.3 Å². The summed E-state index contributed by atoms with van der Waals surface area (Å²) in [5, 5.41) is 6.71. The lowest BCUT2D eigenvalue weighted by Crippen LogP contribution is -2.15. The Morgan fingerprint density at radius 2 is 2.11 bits per heavy atom. The number of thiazole rings is 1. The Balaban J connectivity index is 2.13. The summed E-state index contributed by atoms with van der Waals surface area (Å²) in [6.07, 6.45) is 1.02. The van der Waals surface area contributed by atoms with Crippen LogP contribution in [0.1, 0.15) is 23.1 Å². The number of nitrogens with zero attached hydrogens (tertiary/aromatic N) is 1. The molecule has 0 saturated carbocycles. The second-order valence-electron chi connectivity index (χ2n) is 4.55. The van der Waals surface area contributed by atoms with Crippen molar-refractivity contribution < 1.29 is 0 Å². The lowest BCUT2D eigenvalue weighted by molar-refractivity contribution is 0.714. The first-order valence-electron chi connectivity index (χ1n) is 6.43. The van der Waals surface area contributed by atoms with E-state index in [1.165, 1.54) is 21.7 Å². The van der Waals surface area contributed by atoms with E-state index in [9.17, 15) is 0 Å². The molecule has 96 valence electrons. The topological polar surface area (TPSA) is 24.9 Å². The first-order valence-corrected chi connectivity index (χ1v) is 7.31. The SMILES string of the molecule is CCNCCc1nc(-c2ccc(C)cc2C)cs1. The highest BCUT2D eigenvalue weighted by atomic mass is 32.1. The fourth-order valence-corrected chi connectivity index (χ4v) is 2.82. The minimum Gasteiger partial charge on any atom is -0.317 e. The molecule has 0 spiro atoms. The normalized spacial score (nSPS) is 10.8. The molecule has 3 heteroatoms. The first kappa shape index (κ1) is 13.2. The van der Waals surface area contributed by atoms with Crippen molar-refractivity contribution in [2.24, 2.45) is 0 Å². The molecule has 0 aliphatic carbocycles. The van der Waals surface area contributed by atoms with Gasteiger partial charge in [0.05, 0.1) is 10.7 Å². The predicted octanol–water partition coefficient (Wildman–Crippen LogP) is 3.58. The van der Waals surface area contributed by atoms with E-state index in [-0.39, 0.29) is 0 Å². The highest BCUT2D eigenvalue weighted by Gasteiger charge is 2.07. The molecule has 1 heterocycles. The molecule has 0 unspecified atom stereocenters. The Labute approximate surface area is 113 Å². The van der Waals surface area contributed by atoms with Gasteiger partial charge in [-0.1, -0.05) is 30.7 Å². The lowest BCUT2D eigenvalue weighted by Gasteiger charge is -2.03. The van der Waals surface area contributed by atoms with Gasteiger partial charge >= 0.3 is 0 Å². The van der Waals surface area contributed by atoms with E-state index in [0.717, 1.165) is 25.2 Å². The van der Waals surface area contributed by atoms with Crippen LogP contribution < -0.4 is 5.32 Å². The third-order valence-electron chi connectivity index (χ3n) is 2.98. The largest absolute Gasteiger partial charge is 0.317 e. The first-order chi connectivity index (χ1) is 8.70. The van der Waals surface area contributed by atoms with Gasteiger partial charge < -0.3 is 5.32 Å². The maximum Gasteiger partial charge on any atom is 0.0945 e. The summed E-state index contributed by atoms with van der Waals surface area (Å²) in [5.74, 6) is 0. The summed E-state index contributed by atoms with van der Waals surface area (Å²) < 4.78 is 0. The number of aryl methyl sites for hydroxylation is 2. The van der Waals surface area contributed by atoms with Crippen LogP contribution in [0.3, 0.4) is 0 Å². The van der Waals surface area contributed by atoms with Crippen LogP contribution in [0, 0.1) is 13.8 Å². The van der Waals surface area contributed by atoms with Gasteiger partial charge in [-0.25, -0.2) is 4.98 Å². The molecule has 0 fully saturated rings. The molecule has 1 aromatic heterocycles. The molecule has 1 N–H and O–H groups in total. The number of rotatable bonds is 5. The number of hydrogen-bond acceptors (Lipinski definition) is 3. The standard InChI is InChI=1S/C15H20N2S/c1-4-16-8-7-15-17-14(10-18-15)13-6-5-11(2)9-12(13)3/h5-6,9-10,16H,4,7-8H2,1-3H3. The van der Waals surface area contributed by atoms with Gasteiger partial charge in [-0.3, -0.25) is 0 Å². The van der Waals surface area contributed by atoms with E-state index in [2.05, 4.69) is 49.7 Å². The highest BCUT2D eigenvalue weighted by Crippen LogP contribution is 2.25. The molecule has 1 aromatic carbocycles. The fraction of sp³-hybridized carbons (Fsp3) is 0.400. The lowest BCUT2D eigenvalue weighted by atomic mass is 10.0. The molecule has 0 amide bonds. The van der Waals surface area contributed by atoms with Crippen LogP contribution in [0.4, 0.5) is 0 Å². The Bertz CT molecular complexity index is 517. The zero-order valence-corrected chi connectivity index (χ0v) is 12.1. The predicted molar refractivity (Wildman–Crippen MR) is 79.3 cm³/mol. The quantitative estimate of drug-likeness (QED) is 0.831. The van der Waals surface area contributed by atoms with E-state index in [0.29, 0.717) is 0 Å². The maximum absolute atomic E-state index is 4.72. The van der Waals surface area contributed by atoms with Gasteiger partial charge in [0.25, 0.3) is 0 Å². The van der Waals surface area contributed by atoms with Crippen LogP contribution in [-0.4, -0.2) is 18.1 Å². The molecule has 2 rings (SSSR count). The number of likely N-dealkylation sites (N-methyl/N-ethyl adjacent to an activating group) is 1. The van der Waals surface area contributed by atoms with Gasteiger partial charge in [-0.05, 0) is 26.0 Å². The Hall–Kier alpha value is -1.19. The summed E-state index contributed by atoms with van der Waals surface area (Å²) in [6, 6.07) is 6.54. The molecule has 18 heavy (non-hydrogen) atoms. The van der Waals surface area contributed by atoms with Crippen LogP contribution in [0.25, 0.3) is 11.3 Å². The van der Waals surface area contributed by atoms with Gasteiger partial charge in [0.2, 0.25) is 0 Å². The molecule has 0 atom stereocenters. The molecular formula is C15H20N2S. The van der Waals surface area contributed by atoms with Gasteiger partial charge in [0.15, 0.2) is 0 Å². The number of aromatic nitrogens is 1. The van der Waals surface area contributed by atoms with Crippen molar-refractivity contribution in [3.05, 3.63) is 39.7 Å². The van der Waals surface area contributed by atoms with Crippen molar-refractivity contribution in [2.75, 3.05) is 13.1 Å². The van der Waals surface area contributed by atoms with Gasteiger partial charge in [0.1, 0.15) is 0 Å². The molecule has 2 nitrogen and oxygen atoms in total. The van der Waals surface area contributed by atoms with E-state index in [4.69, 9.17) is 4.98 Å². The second-order valence-corrected chi connectivity index (χ2v) is 5.49. The third kappa shape index (κ3) is 3.18. The zero-order chi connectivity index (χ0) is 13.0. The maximum atomic E-state index is 4.72. The molecule has 2 aromatic rings. The number of hydrogen-bond donors (Lipinski definition) is 1. The Kier molecular flexibility index (Phi) is 4.50. The molecule has 0 aliphatic rings. The summed E-state index contributed by atoms with van der Waals surface area (Å²) >= 11 is 1.76. The third-order valence-corrected chi connectivity index (χ3v) is 3.88. The van der Waals surface area contributed by atoms with Crippen LogP contribution in [-0.2, 0) is 6.42 Å². The van der Waals surface area contributed by atoms with Gasteiger partial charge in [-0.2, -0.15) is 0 Å². The number of nitrogens with one attached hydrogen (secondary N) is 1. The average molecular weight is 260 g/mol. The van der Waals surface area contributed by atoms with Crippen molar-refractivity contribution in [3.8, 4) is 11.3 Å². The minimum atomic E-state index is 1.01. The molecular weight excluding hydrogens is 240 g/mol. The Morgan fingerprint density at radius 3 is 2.83 bits per heavy atom. The van der Waals surface area contributed by atoms with Crippen LogP contribution in [0.2, 0.25) is 0 Å². The van der Waals surface area contributed by atoms with E-state index in [1.807, 2.05) is 0 Å². The molecule has 0 bridgehead atoms. The minimum absolute atomic E-state index is 1.01. The monoisotopic (exact) mass is 260 g/mol. The Morgan fingerprint density at radius 1 is 1.28 bits per heavy atom. The molecule has 0 saturated heterocycles. The summed E-state index contributed by atoms with van der Waals surface area (Å²) in [5.41, 5.74) is 4.98.